The molecule has 0 saturated carbocycles. The van der Waals surface area contributed by atoms with Gasteiger partial charge in [0.25, 0.3) is 0 Å². The quantitative estimate of drug-likeness (QED) is 0.128. The molecule has 4 aromatic carbocycles. The summed E-state index contributed by atoms with van der Waals surface area (Å²) in [6.07, 6.45) is 14.2. The van der Waals surface area contributed by atoms with Crippen LogP contribution in [-0.2, 0) is 0 Å². The first-order chi connectivity index (χ1) is 25.7. The number of benzene rings is 4. The Morgan fingerprint density at radius 2 is 0.596 bits per heavy atom. The van der Waals surface area contributed by atoms with E-state index in [0.29, 0.717) is 23.7 Å². The van der Waals surface area contributed by atoms with Gasteiger partial charge in [0.2, 0.25) is 0 Å². The fraction of sp³-hybridized carbons (Fsp3) is 0.167. The summed E-state index contributed by atoms with van der Waals surface area (Å²) in [4.78, 5) is 15.5. The van der Waals surface area contributed by atoms with Crippen LogP contribution in [0.3, 0.4) is 0 Å². The van der Waals surface area contributed by atoms with Crippen LogP contribution < -0.4 is 21.4 Å². The first kappa shape index (κ1) is 27.7. The molecule has 0 saturated heterocycles. The monoisotopic (exact) mass is 668 g/mol. The van der Waals surface area contributed by atoms with Crippen molar-refractivity contribution >= 4 is 45.8 Å². The van der Waals surface area contributed by atoms with Crippen molar-refractivity contribution in [2.45, 2.75) is 49.4 Å². The lowest BCUT2D eigenvalue weighted by Crippen LogP contribution is -2.29. The molecule has 5 heterocycles. The van der Waals surface area contributed by atoms with Gasteiger partial charge in [0.1, 0.15) is 0 Å². The van der Waals surface area contributed by atoms with Crippen LogP contribution in [0.1, 0.15) is 117 Å². The summed E-state index contributed by atoms with van der Waals surface area (Å²) in [6, 6.07) is 36.6. The van der Waals surface area contributed by atoms with Gasteiger partial charge in [-0.15, -0.1) is 0 Å². The summed E-state index contributed by atoms with van der Waals surface area (Å²) in [5.74, 6) is 1.55. The van der Waals surface area contributed by atoms with Crippen LogP contribution in [-0.4, -0.2) is 19.9 Å². The summed E-state index contributed by atoms with van der Waals surface area (Å²) in [5, 5.41) is 10.3. The Bertz CT molecular complexity index is 2710. The topological polar surface area (TPSA) is 63.2 Å². The van der Waals surface area contributed by atoms with E-state index in [1.54, 1.807) is 0 Å². The molecule has 4 aromatic heterocycles. The zero-order valence-corrected chi connectivity index (χ0v) is 28.7. The van der Waals surface area contributed by atoms with Crippen LogP contribution in [0.5, 0.6) is 0 Å². The van der Waals surface area contributed by atoms with E-state index in [4.69, 9.17) is 0 Å². The highest BCUT2D eigenvalue weighted by molar-refractivity contribution is 5.87. The highest BCUT2D eigenvalue weighted by atomic mass is 14.8. The lowest BCUT2D eigenvalue weighted by Gasteiger charge is -2.39. The van der Waals surface area contributed by atoms with Gasteiger partial charge in [-0.2, -0.15) is 0 Å². The van der Waals surface area contributed by atoms with E-state index in [-0.39, 0.29) is 0 Å². The second-order valence-electron chi connectivity index (χ2n) is 15.9. The largest absolute Gasteiger partial charge is 0.355 e. The van der Waals surface area contributed by atoms with Crippen LogP contribution in [0.15, 0.2) is 97.1 Å². The second kappa shape index (κ2) is 9.86. The molecule has 0 fully saturated rings. The molecule has 4 heteroatoms. The molecule has 1 aliphatic heterocycles. The maximum Gasteiger partial charge on any atom is 0.0447 e. The smallest absolute Gasteiger partial charge is 0.0447 e. The van der Waals surface area contributed by atoms with Crippen molar-refractivity contribution in [2.75, 3.05) is 0 Å². The lowest BCUT2D eigenvalue weighted by molar-refractivity contribution is 0.520. The zero-order chi connectivity index (χ0) is 33.7. The van der Waals surface area contributed by atoms with Crippen molar-refractivity contribution in [1.82, 2.24) is 19.9 Å². The average Bonchev–Trinajstić information content (AvgIpc) is 3.98. The van der Waals surface area contributed by atoms with Crippen molar-refractivity contribution in [3.05, 3.63) is 186 Å². The summed E-state index contributed by atoms with van der Waals surface area (Å²) in [5.41, 5.74) is 16.5. The number of hydrogen-bond donors (Lipinski definition) is 4. The van der Waals surface area contributed by atoms with Crippen molar-refractivity contribution in [3.63, 3.8) is 0 Å². The summed E-state index contributed by atoms with van der Waals surface area (Å²) in [6.45, 7) is 0. The minimum absolute atomic E-state index is 0.388. The number of aromatic nitrogens is 4. The number of nitrogens with one attached hydrogen (secondary N) is 4. The van der Waals surface area contributed by atoms with Crippen molar-refractivity contribution in [2.24, 2.45) is 0 Å². The Balaban J connectivity index is 1.04. The Labute approximate surface area is 300 Å². The molecule has 0 spiro atoms. The normalized spacial score (nSPS) is 21.4. The molecule has 4 unspecified atom stereocenters. The van der Waals surface area contributed by atoms with Crippen molar-refractivity contribution in [3.8, 4) is 0 Å². The Kier molecular flexibility index (Phi) is 5.25. The number of rotatable bonds is 0. The fourth-order valence-electron chi connectivity index (χ4n) is 11.2. The Morgan fingerprint density at radius 1 is 0.327 bits per heavy atom. The van der Waals surface area contributed by atoms with E-state index >= 15 is 0 Å². The van der Waals surface area contributed by atoms with Gasteiger partial charge in [-0.1, -0.05) is 72.8 Å². The van der Waals surface area contributed by atoms with Crippen LogP contribution in [0.4, 0.5) is 0 Å². The van der Waals surface area contributed by atoms with Gasteiger partial charge < -0.3 is 19.9 Å². The molecule has 4 nitrogen and oxygen atoms in total. The molecule has 52 heavy (non-hydrogen) atoms. The van der Waals surface area contributed by atoms with Crippen LogP contribution >= 0.6 is 0 Å². The molecule has 0 amide bonds. The second-order valence-corrected chi connectivity index (χ2v) is 15.9. The molecule has 248 valence electrons. The molecule has 0 radical (unpaired) electrons. The van der Waals surface area contributed by atoms with Gasteiger partial charge in [-0.3, -0.25) is 0 Å². The summed E-state index contributed by atoms with van der Waals surface area (Å²) in [7, 11) is 0. The molecule has 8 aromatic rings. The number of aromatic amines is 4. The maximum atomic E-state index is 3.96. The molecule has 4 atom stereocenters. The first-order valence-electron chi connectivity index (χ1n) is 19.0. The van der Waals surface area contributed by atoms with Gasteiger partial charge >= 0.3 is 0 Å². The standard InChI is InChI=1S/C48H36N4/c1-2-6-26-18-38-34-14-13-33(37(38)17-25(26)5-1)45-41-21-29-9-10-31(49-29)23-43-47-35-15-16-36(40-20-28-8-4-3-7-27(28)19-39(35)40)48(47)44(52-43)24-32-12-11-30(50-32)22-42(51-41)46(34)45/h1-12,17-24,33-36,49-52H,13-16H2. The van der Waals surface area contributed by atoms with E-state index in [1.807, 2.05) is 0 Å². The van der Waals surface area contributed by atoms with Crippen LogP contribution in [0.2, 0.25) is 0 Å². The minimum Gasteiger partial charge on any atom is -0.355 e. The molecule has 15 rings (SSSR count). The minimum atomic E-state index is 0.388. The first-order valence-corrected chi connectivity index (χ1v) is 19.0. The predicted octanol–water partition coefficient (Wildman–Crippen LogP) is 7.68. The van der Waals surface area contributed by atoms with Crippen molar-refractivity contribution < 1.29 is 0 Å². The summed E-state index contributed by atoms with van der Waals surface area (Å²) < 4.78 is 0. The predicted molar refractivity (Wildman–Crippen MR) is 210 cm³/mol. The van der Waals surface area contributed by atoms with E-state index < -0.39 is 0 Å². The van der Waals surface area contributed by atoms with E-state index in [0.717, 1.165) is 22.8 Å². The zero-order valence-electron chi connectivity index (χ0n) is 28.7. The lowest BCUT2D eigenvalue weighted by atomic mass is 9.64. The number of fused-ring (bicyclic) bond motifs is 12. The van der Waals surface area contributed by atoms with E-state index in [9.17, 15) is 0 Å². The SMILES string of the molecule is C1=c2[nH]c(c3c2C2CCC3c3cc4ccccc4cc32)=Cc2ccc([nH]2)C=c2[nH]c(c3c2C2CCC3c3cc4ccccc4cc32)=Cc2ccc1[nH]2. The van der Waals surface area contributed by atoms with Gasteiger partial charge in [0.05, 0.1) is 0 Å². The average molecular weight is 669 g/mol. The maximum absolute atomic E-state index is 3.96. The molecule has 12 bridgehead atoms. The fourth-order valence-corrected chi connectivity index (χ4v) is 11.2. The molecular formula is C48H36N4. The highest BCUT2D eigenvalue weighted by Crippen LogP contribution is 2.53. The third-order valence-electron chi connectivity index (χ3n) is 13.2. The molecular weight excluding hydrogens is 633 g/mol. The Morgan fingerprint density at radius 3 is 0.865 bits per heavy atom. The van der Waals surface area contributed by atoms with Crippen LogP contribution in [0.25, 0.3) is 45.8 Å². The molecule has 6 aliphatic carbocycles. The van der Waals surface area contributed by atoms with E-state index in [2.05, 4.69) is 141 Å². The van der Waals surface area contributed by atoms with Gasteiger partial charge in [-0.25, -0.2) is 0 Å². The number of H-pyrrole nitrogens is 4. The third kappa shape index (κ3) is 3.71. The highest BCUT2D eigenvalue weighted by Gasteiger charge is 2.41. The summed E-state index contributed by atoms with van der Waals surface area (Å²) >= 11 is 0. The van der Waals surface area contributed by atoms with Crippen molar-refractivity contribution in [1.29, 1.82) is 0 Å². The molecule has 4 N–H and O–H groups in total. The van der Waals surface area contributed by atoms with Gasteiger partial charge in [-0.05, 0) is 140 Å². The Hall–Kier alpha value is -6.00. The van der Waals surface area contributed by atoms with Gasteiger partial charge in [0.15, 0.2) is 0 Å². The van der Waals surface area contributed by atoms with Gasteiger partial charge in [0, 0.05) is 67.8 Å². The van der Waals surface area contributed by atoms with Crippen LogP contribution in [0, 0.1) is 0 Å². The van der Waals surface area contributed by atoms with E-state index in [1.165, 1.54) is 113 Å². The molecule has 7 aliphatic rings. The third-order valence-corrected chi connectivity index (χ3v) is 13.2. The number of hydrogen-bond acceptors (Lipinski definition) is 0.